The first-order valence-electron chi connectivity index (χ1n) is 8.44. The number of nitrogens with two attached hydrogens (primary N) is 1. The Balaban J connectivity index is 0.00000312. The molecule has 0 aromatic heterocycles. The standard InChI is InChI=1S/C20H26N2O2.ClH/c1-3-22(4-2)20(23)19(21)14-16-10-12-18(13-11-16)24-15-17-8-6-5-7-9-17;/h5-13,19H,3-4,14-15,21H2,1-2H3;1H. The zero-order chi connectivity index (χ0) is 17.4. The van der Waals surface area contributed by atoms with E-state index in [4.69, 9.17) is 10.5 Å². The van der Waals surface area contributed by atoms with Gasteiger partial charge in [-0.05, 0) is 43.5 Å². The Morgan fingerprint density at radius 2 is 1.60 bits per heavy atom. The molecule has 0 radical (unpaired) electrons. The zero-order valence-corrected chi connectivity index (χ0v) is 15.7. The normalized spacial score (nSPS) is 11.3. The van der Waals surface area contributed by atoms with Gasteiger partial charge in [-0.3, -0.25) is 4.79 Å². The second-order valence-corrected chi connectivity index (χ2v) is 5.74. The second kappa shape index (κ2) is 10.7. The van der Waals surface area contributed by atoms with Crippen molar-refractivity contribution in [1.82, 2.24) is 4.90 Å². The molecule has 25 heavy (non-hydrogen) atoms. The molecule has 5 heteroatoms. The lowest BCUT2D eigenvalue weighted by atomic mass is 10.1. The molecular weight excluding hydrogens is 336 g/mol. The van der Waals surface area contributed by atoms with Gasteiger partial charge in [0.1, 0.15) is 12.4 Å². The Morgan fingerprint density at radius 1 is 1.00 bits per heavy atom. The quantitative estimate of drug-likeness (QED) is 0.782. The molecule has 2 rings (SSSR count). The molecule has 0 bridgehead atoms. The van der Waals surface area contributed by atoms with Crippen molar-refractivity contribution in [3.05, 3.63) is 65.7 Å². The highest BCUT2D eigenvalue weighted by Gasteiger charge is 2.18. The Kier molecular flexibility index (Phi) is 9.03. The molecule has 1 amide bonds. The van der Waals surface area contributed by atoms with Crippen LogP contribution in [0.4, 0.5) is 0 Å². The first-order valence-corrected chi connectivity index (χ1v) is 8.44. The van der Waals surface area contributed by atoms with Gasteiger partial charge < -0.3 is 15.4 Å². The largest absolute Gasteiger partial charge is 0.489 e. The lowest BCUT2D eigenvalue weighted by Crippen LogP contribution is -2.44. The molecule has 1 unspecified atom stereocenters. The molecule has 136 valence electrons. The van der Waals surface area contributed by atoms with E-state index in [0.29, 0.717) is 26.1 Å². The summed E-state index contributed by atoms with van der Waals surface area (Å²) < 4.78 is 5.77. The molecule has 1 atom stereocenters. The van der Waals surface area contributed by atoms with E-state index in [2.05, 4.69) is 0 Å². The van der Waals surface area contributed by atoms with Crippen molar-refractivity contribution in [2.75, 3.05) is 13.1 Å². The van der Waals surface area contributed by atoms with Crippen molar-refractivity contribution in [1.29, 1.82) is 0 Å². The maximum absolute atomic E-state index is 12.2. The van der Waals surface area contributed by atoms with Crippen LogP contribution in [0.15, 0.2) is 54.6 Å². The molecule has 0 aliphatic carbocycles. The van der Waals surface area contributed by atoms with E-state index in [-0.39, 0.29) is 18.3 Å². The third-order valence-electron chi connectivity index (χ3n) is 4.02. The highest BCUT2D eigenvalue weighted by atomic mass is 35.5. The minimum absolute atomic E-state index is 0. The number of benzene rings is 2. The summed E-state index contributed by atoms with van der Waals surface area (Å²) >= 11 is 0. The molecule has 0 heterocycles. The van der Waals surface area contributed by atoms with Gasteiger partial charge in [0.2, 0.25) is 5.91 Å². The van der Waals surface area contributed by atoms with Gasteiger partial charge in [-0.25, -0.2) is 0 Å². The highest BCUT2D eigenvalue weighted by molar-refractivity contribution is 5.85. The number of halogens is 1. The summed E-state index contributed by atoms with van der Waals surface area (Å²) in [5.74, 6) is 0.815. The summed E-state index contributed by atoms with van der Waals surface area (Å²) in [6, 6.07) is 17.3. The van der Waals surface area contributed by atoms with E-state index in [1.165, 1.54) is 0 Å². The molecule has 0 saturated heterocycles. The van der Waals surface area contributed by atoms with E-state index in [1.54, 1.807) is 4.90 Å². The first kappa shape index (κ1) is 21.0. The first-order chi connectivity index (χ1) is 11.6. The number of rotatable bonds is 8. The number of hydrogen-bond acceptors (Lipinski definition) is 3. The van der Waals surface area contributed by atoms with Crippen molar-refractivity contribution in [2.45, 2.75) is 32.9 Å². The van der Waals surface area contributed by atoms with Crippen LogP contribution in [-0.2, 0) is 17.8 Å². The van der Waals surface area contributed by atoms with Gasteiger partial charge in [0.05, 0.1) is 6.04 Å². The van der Waals surface area contributed by atoms with E-state index >= 15 is 0 Å². The Morgan fingerprint density at radius 3 is 2.16 bits per heavy atom. The van der Waals surface area contributed by atoms with Crippen LogP contribution in [0.3, 0.4) is 0 Å². The number of carbonyl (C=O) groups excluding carboxylic acids is 1. The van der Waals surface area contributed by atoms with Crippen LogP contribution in [-0.4, -0.2) is 29.9 Å². The fourth-order valence-electron chi connectivity index (χ4n) is 2.57. The number of ether oxygens (including phenoxy) is 1. The zero-order valence-electron chi connectivity index (χ0n) is 14.9. The van der Waals surface area contributed by atoms with E-state index in [1.807, 2.05) is 68.4 Å². The lowest BCUT2D eigenvalue weighted by Gasteiger charge is -2.22. The molecule has 2 aromatic rings. The summed E-state index contributed by atoms with van der Waals surface area (Å²) in [5.41, 5.74) is 8.22. The van der Waals surface area contributed by atoms with Crippen LogP contribution >= 0.6 is 12.4 Å². The van der Waals surface area contributed by atoms with Crippen LogP contribution in [0.25, 0.3) is 0 Å². The van der Waals surface area contributed by atoms with Gasteiger partial charge >= 0.3 is 0 Å². The fraction of sp³-hybridized carbons (Fsp3) is 0.350. The minimum Gasteiger partial charge on any atom is -0.489 e. The maximum Gasteiger partial charge on any atom is 0.239 e. The molecule has 0 fully saturated rings. The molecule has 0 aliphatic rings. The van der Waals surface area contributed by atoms with Gasteiger partial charge in [0.25, 0.3) is 0 Å². The van der Waals surface area contributed by atoms with Crippen molar-refractivity contribution in [3.63, 3.8) is 0 Å². The number of carbonyl (C=O) groups is 1. The predicted octanol–water partition coefficient (Wildman–Crippen LogP) is 3.43. The number of hydrogen-bond donors (Lipinski definition) is 1. The lowest BCUT2D eigenvalue weighted by molar-refractivity contribution is -0.132. The van der Waals surface area contributed by atoms with Crippen molar-refractivity contribution >= 4 is 18.3 Å². The smallest absolute Gasteiger partial charge is 0.239 e. The minimum atomic E-state index is -0.499. The topological polar surface area (TPSA) is 55.6 Å². The van der Waals surface area contributed by atoms with Gasteiger partial charge in [-0.15, -0.1) is 12.4 Å². The van der Waals surface area contributed by atoms with Gasteiger partial charge in [0, 0.05) is 13.1 Å². The van der Waals surface area contributed by atoms with Crippen LogP contribution in [0, 0.1) is 0 Å². The average Bonchev–Trinajstić information content (AvgIpc) is 2.63. The van der Waals surface area contributed by atoms with E-state index < -0.39 is 6.04 Å². The predicted molar refractivity (Wildman–Crippen MR) is 104 cm³/mol. The molecule has 2 N–H and O–H groups in total. The summed E-state index contributed by atoms with van der Waals surface area (Å²) in [6.45, 7) is 5.85. The molecule has 0 saturated carbocycles. The molecule has 0 spiro atoms. The Labute approximate surface area is 156 Å². The molecule has 2 aromatic carbocycles. The molecule has 4 nitrogen and oxygen atoms in total. The summed E-state index contributed by atoms with van der Waals surface area (Å²) in [5, 5.41) is 0. The summed E-state index contributed by atoms with van der Waals surface area (Å²) in [4.78, 5) is 14.0. The molecular formula is C20H27ClN2O2. The Hall–Kier alpha value is -2.04. The SMILES string of the molecule is CCN(CC)C(=O)C(N)Cc1ccc(OCc2ccccc2)cc1.Cl. The van der Waals surface area contributed by atoms with Gasteiger partial charge in [0.15, 0.2) is 0 Å². The Bertz CT molecular complexity index is 628. The summed E-state index contributed by atoms with van der Waals surface area (Å²) in [7, 11) is 0. The number of likely N-dealkylation sites (N-methyl/N-ethyl adjacent to an activating group) is 1. The van der Waals surface area contributed by atoms with Gasteiger partial charge in [-0.1, -0.05) is 42.5 Å². The van der Waals surface area contributed by atoms with Crippen LogP contribution in [0.2, 0.25) is 0 Å². The van der Waals surface area contributed by atoms with Gasteiger partial charge in [-0.2, -0.15) is 0 Å². The molecule has 0 aliphatic heterocycles. The average molecular weight is 363 g/mol. The summed E-state index contributed by atoms with van der Waals surface area (Å²) in [6.07, 6.45) is 0.536. The third kappa shape index (κ3) is 6.40. The van der Waals surface area contributed by atoms with Crippen LogP contribution in [0.5, 0.6) is 5.75 Å². The number of amides is 1. The van der Waals surface area contributed by atoms with Crippen molar-refractivity contribution in [3.8, 4) is 5.75 Å². The fourth-order valence-corrected chi connectivity index (χ4v) is 2.57. The number of nitrogens with zero attached hydrogens (tertiary/aromatic N) is 1. The second-order valence-electron chi connectivity index (χ2n) is 5.74. The van der Waals surface area contributed by atoms with E-state index in [9.17, 15) is 4.79 Å². The van der Waals surface area contributed by atoms with Crippen molar-refractivity contribution in [2.24, 2.45) is 5.73 Å². The third-order valence-corrected chi connectivity index (χ3v) is 4.02. The van der Waals surface area contributed by atoms with Crippen molar-refractivity contribution < 1.29 is 9.53 Å². The monoisotopic (exact) mass is 362 g/mol. The van der Waals surface area contributed by atoms with Crippen LogP contribution in [0.1, 0.15) is 25.0 Å². The van der Waals surface area contributed by atoms with Crippen LogP contribution < -0.4 is 10.5 Å². The highest BCUT2D eigenvalue weighted by Crippen LogP contribution is 2.15. The maximum atomic E-state index is 12.2. The van der Waals surface area contributed by atoms with E-state index in [0.717, 1.165) is 16.9 Å².